The Balaban J connectivity index is 1.27. The number of nitrogens with zero attached hydrogens (tertiary/aromatic N) is 2. The van der Waals surface area contributed by atoms with Crippen LogP contribution in [0.4, 0.5) is 4.79 Å². The van der Waals surface area contributed by atoms with Gasteiger partial charge in [0.2, 0.25) is 5.91 Å². The molecule has 2 aromatic carbocycles. The first-order chi connectivity index (χ1) is 16.9. The van der Waals surface area contributed by atoms with Gasteiger partial charge in [0.1, 0.15) is 12.6 Å². The second kappa shape index (κ2) is 8.90. The van der Waals surface area contributed by atoms with Gasteiger partial charge in [0, 0.05) is 31.3 Å². The number of aliphatic carboxylic acids is 1. The molecule has 0 bridgehead atoms. The lowest BCUT2D eigenvalue weighted by Crippen LogP contribution is -2.43. The molecule has 1 atom stereocenters. The molecule has 1 heterocycles. The molecule has 9 nitrogen and oxygen atoms in total. The number of carbonyl (C=O) groups excluding carboxylic acids is 2. The Morgan fingerprint density at radius 1 is 1.11 bits per heavy atom. The standard InChI is InChI=1S/C26H26N4O5/c1-30-13-16(12-28-30)22(23(31)27-15-26(10-11-26)24(32)33)29-25(34)35-14-21-19-8-4-2-6-17(19)18-7-3-5-9-20(18)21/h2-9,12-13,21-22H,10-11,14-15H2,1H3,(H,27,31)(H,29,34)(H,32,33). The number of nitrogens with one attached hydrogen (secondary N) is 2. The maximum Gasteiger partial charge on any atom is 0.408 e. The number of carboxylic acids is 1. The van der Waals surface area contributed by atoms with Gasteiger partial charge >= 0.3 is 12.1 Å². The molecular formula is C26H26N4O5. The molecule has 3 aromatic rings. The predicted molar refractivity (Wildman–Crippen MR) is 126 cm³/mol. The lowest BCUT2D eigenvalue weighted by molar-refractivity contribution is -0.143. The molecule has 5 rings (SSSR count). The monoisotopic (exact) mass is 474 g/mol. The van der Waals surface area contributed by atoms with Gasteiger partial charge in [0.25, 0.3) is 0 Å². The lowest BCUT2D eigenvalue weighted by Gasteiger charge is -2.20. The average Bonchev–Trinajstić information content (AvgIpc) is 3.44. The quantitative estimate of drug-likeness (QED) is 0.461. The Morgan fingerprint density at radius 2 is 1.74 bits per heavy atom. The summed E-state index contributed by atoms with van der Waals surface area (Å²) >= 11 is 0. The Morgan fingerprint density at radius 3 is 2.29 bits per heavy atom. The van der Waals surface area contributed by atoms with E-state index < -0.39 is 29.4 Å². The zero-order valence-corrected chi connectivity index (χ0v) is 19.2. The van der Waals surface area contributed by atoms with Crippen molar-refractivity contribution in [2.45, 2.75) is 24.8 Å². The van der Waals surface area contributed by atoms with Crippen LogP contribution in [0.3, 0.4) is 0 Å². The third-order valence-corrected chi connectivity index (χ3v) is 6.83. The second-order valence-electron chi connectivity index (χ2n) is 9.15. The number of alkyl carbamates (subject to hydrolysis) is 1. The molecule has 9 heteroatoms. The Hall–Kier alpha value is -4.14. The van der Waals surface area contributed by atoms with Crippen LogP contribution < -0.4 is 10.6 Å². The van der Waals surface area contributed by atoms with Gasteiger partial charge in [0.05, 0.1) is 11.6 Å². The molecule has 1 saturated carbocycles. The highest BCUT2D eigenvalue weighted by Gasteiger charge is 2.50. The minimum Gasteiger partial charge on any atom is -0.481 e. The van der Waals surface area contributed by atoms with Gasteiger partial charge in [-0.1, -0.05) is 48.5 Å². The third-order valence-electron chi connectivity index (χ3n) is 6.83. The number of aryl methyl sites for hydroxylation is 1. The largest absolute Gasteiger partial charge is 0.481 e. The number of hydrogen-bond donors (Lipinski definition) is 3. The zero-order chi connectivity index (χ0) is 24.6. The minimum atomic E-state index is -1.07. The Bertz CT molecular complexity index is 1250. The summed E-state index contributed by atoms with van der Waals surface area (Å²) < 4.78 is 7.12. The van der Waals surface area contributed by atoms with Crippen molar-refractivity contribution < 1.29 is 24.2 Å². The molecule has 1 fully saturated rings. The number of benzene rings is 2. The first-order valence-corrected chi connectivity index (χ1v) is 11.5. The normalized spacial score (nSPS) is 16.0. The highest BCUT2D eigenvalue weighted by molar-refractivity contribution is 5.88. The van der Waals surface area contributed by atoms with Crippen LogP contribution in [0, 0.1) is 5.41 Å². The van der Waals surface area contributed by atoms with E-state index >= 15 is 0 Å². The molecule has 35 heavy (non-hydrogen) atoms. The van der Waals surface area contributed by atoms with E-state index in [9.17, 15) is 19.5 Å². The first kappa shape index (κ1) is 22.6. The average molecular weight is 475 g/mol. The van der Waals surface area contributed by atoms with Crippen molar-refractivity contribution in [3.05, 3.63) is 77.6 Å². The van der Waals surface area contributed by atoms with Crippen LogP contribution in [-0.2, 0) is 21.4 Å². The minimum absolute atomic E-state index is 0.00426. The molecule has 2 aliphatic carbocycles. The molecular weight excluding hydrogens is 448 g/mol. The van der Waals surface area contributed by atoms with Crippen molar-refractivity contribution in [3.63, 3.8) is 0 Å². The second-order valence-corrected chi connectivity index (χ2v) is 9.15. The summed E-state index contributed by atoms with van der Waals surface area (Å²) in [4.78, 5) is 37.2. The molecule has 3 N–H and O–H groups in total. The van der Waals surface area contributed by atoms with Crippen molar-refractivity contribution in [1.82, 2.24) is 20.4 Å². The molecule has 1 aromatic heterocycles. The van der Waals surface area contributed by atoms with Crippen LogP contribution in [0.2, 0.25) is 0 Å². The molecule has 0 aliphatic heterocycles. The summed E-state index contributed by atoms with van der Waals surface area (Å²) in [6.45, 7) is 0.119. The van der Waals surface area contributed by atoms with Crippen LogP contribution >= 0.6 is 0 Å². The molecule has 180 valence electrons. The van der Waals surface area contributed by atoms with Crippen LogP contribution in [0.15, 0.2) is 60.9 Å². The van der Waals surface area contributed by atoms with Gasteiger partial charge in [-0.15, -0.1) is 0 Å². The maximum absolute atomic E-state index is 13.0. The van der Waals surface area contributed by atoms with E-state index in [0.717, 1.165) is 22.3 Å². The first-order valence-electron chi connectivity index (χ1n) is 11.5. The van der Waals surface area contributed by atoms with Crippen LogP contribution in [-0.4, -0.2) is 46.0 Å². The number of fused-ring (bicyclic) bond motifs is 3. The summed E-state index contributed by atoms with van der Waals surface area (Å²) in [5.74, 6) is -1.55. The van der Waals surface area contributed by atoms with Crippen LogP contribution in [0.5, 0.6) is 0 Å². The summed E-state index contributed by atoms with van der Waals surface area (Å²) in [6.07, 6.45) is 3.39. The fraction of sp³-hybridized carbons (Fsp3) is 0.308. The maximum atomic E-state index is 13.0. The highest BCUT2D eigenvalue weighted by atomic mass is 16.5. The summed E-state index contributed by atoms with van der Waals surface area (Å²) in [7, 11) is 1.70. The van der Waals surface area contributed by atoms with Gasteiger partial charge in [-0.3, -0.25) is 14.3 Å². The van der Waals surface area contributed by atoms with Crippen molar-refractivity contribution in [2.75, 3.05) is 13.2 Å². The van der Waals surface area contributed by atoms with E-state index in [1.165, 1.54) is 10.9 Å². The fourth-order valence-electron chi connectivity index (χ4n) is 4.62. The fourth-order valence-corrected chi connectivity index (χ4v) is 4.62. The Kier molecular flexibility index (Phi) is 5.76. The molecule has 2 aliphatic rings. The number of amides is 2. The summed E-state index contributed by atoms with van der Waals surface area (Å²) in [6, 6.07) is 15.0. The molecule has 2 amide bonds. The number of hydrogen-bond acceptors (Lipinski definition) is 5. The van der Waals surface area contributed by atoms with Gasteiger partial charge in [-0.2, -0.15) is 5.10 Å². The zero-order valence-electron chi connectivity index (χ0n) is 19.2. The number of carbonyl (C=O) groups is 3. The topological polar surface area (TPSA) is 123 Å². The molecule has 0 radical (unpaired) electrons. The highest BCUT2D eigenvalue weighted by Crippen LogP contribution is 2.45. The van der Waals surface area contributed by atoms with E-state index in [4.69, 9.17) is 4.74 Å². The van der Waals surface area contributed by atoms with Crippen molar-refractivity contribution in [2.24, 2.45) is 12.5 Å². The number of aromatic nitrogens is 2. The van der Waals surface area contributed by atoms with E-state index in [2.05, 4.69) is 27.9 Å². The van der Waals surface area contributed by atoms with Gasteiger partial charge < -0.3 is 20.5 Å². The third kappa shape index (κ3) is 4.37. The predicted octanol–water partition coefficient (Wildman–Crippen LogP) is 2.98. The van der Waals surface area contributed by atoms with Gasteiger partial charge in [-0.05, 0) is 35.1 Å². The van der Waals surface area contributed by atoms with Gasteiger partial charge in [0.15, 0.2) is 0 Å². The number of ether oxygens (including phenoxy) is 1. The van der Waals surface area contributed by atoms with Crippen LogP contribution in [0.25, 0.3) is 11.1 Å². The Labute approximate surface area is 202 Å². The smallest absolute Gasteiger partial charge is 0.408 e. The van der Waals surface area contributed by atoms with E-state index in [-0.39, 0.29) is 19.1 Å². The van der Waals surface area contributed by atoms with E-state index in [1.807, 2.05) is 36.4 Å². The number of carboxylic acid groups (broad SMARTS) is 1. The molecule has 0 spiro atoms. The molecule has 1 unspecified atom stereocenters. The van der Waals surface area contributed by atoms with E-state index in [0.29, 0.717) is 18.4 Å². The van der Waals surface area contributed by atoms with Crippen LogP contribution in [0.1, 0.15) is 41.5 Å². The van der Waals surface area contributed by atoms with Gasteiger partial charge in [-0.25, -0.2) is 4.79 Å². The summed E-state index contributed by atoms with van der Waals surface area (Å²) in [5.41, 5.74) is 3.98. The molecule has 0 saturated heterocycles. The SMILES string of the molecule is Cn1cc(C(NC(=O)OCC2c3ccccc3-c3ccccc32)C(=O)NCC2(C(=O)O)CC2)cn1. The van der Waals surface area contributed by atoms with Crippen molar-refractivity contribution in [3.8, 4) is 11.1 Å². The summed E-state index contributed by atoms with van der Waals surface area (Å²) in [5, 5.41) is 18.8. The van der Waals surface area contributed by atoms with Crippen molar-refractivity contribution in [1.29, 1.82) is 0 Å². The number of rotatable bonds is 8. The van der Waals surface area contributed by atoms with Crippen molar-refractivity contribution >= 4 is 18.0 Å². The lowest BCUT2D eigenvalue weighted by atomic mass is 9.98. The van der Waals surface area contributed by atoms with E-state index in [1.54, 1.807) is 13.2 Å².